The number of hydrogen-bond acceptors (Lipinski definition) is 7. The SMILES string of the molecule is Cc1ccccc1C(=O)NCCC(=O)N1CCN(CCCc2nc(-c3cccs3)no2)CC1. The summed E-state index contributed by atoms with van der Waals surface area (Å²) in [5.41, 5.74) is 1.58. The summed E-state index contributed by atoms with van der Waals surface area (Å²) < 4.78 is 5.36. The van der Waals surface area contributed by atoms with Crippen LogP contribution in [0.5, 0.6) is 0 Å². The van der Waals surface area contributed by atoms with E-state index >= 15 is 0 Å². The van der Waals surface area contributed by atoms with Crippen LogP contribution in [0.3, 0.4) is 0 Å². The molecule has 0 radical (unpaired) electrons. The number of hydrogen-bond donors (Lipinski definition) is 1. The van der Waals surface area contributed by atoms with E-state index in [0.717, 1.165) is 42.9 Å². The molecule has 3 heterocycles. The van der Waals surface area contributed by atoms with Gasteiger partial charge in [0.25, 0.3) is 5.91 Å². The molecule has 2 aromatic heterocycles. The lowest BCUT2D eigenvalue weighted by Gasteiger charge is -2.34. The lowest BCUT2D eigenvalue weighted by molar-refractivity contribution is -0.132. The molecule has 174 valence electrons. The van der Waals surface area contributed by atoms with Gasteiger partial charge in [-0.2, -0.15) is 4.98 Å². The van der Waals surface area contributed by atoms with Crippen LogP contribution < -0.4 is 5.32 Å². The van der Waals surface area contributed by atoms with Crippen LogP contribution in [0.1, 0.15) is 34.7 Å². The minimum atomic E-state index is -0.130. The van der Waals surface area contributed by atoms with Gasteiger partial charge in [0.1, 0.15) is 0 Å². The van der Waals surface area contributed by atoms with Gasteiger partial charge >= 0.3 is 0 Å². The van der Waals surface area contributed by atoms with Gasteiger partial charge in [-0.15, -0.1) is 11.3 Å². The molecular weight excluding hydrogens is 438 g/mol. The van der Waals surface area contributed by atoms with Gasteiger partial charge in [0.15, 0.2) is 0 Å². The number of carbonyl (C=O) groups is 2. The Bertz CT molecular complexity index is 1060. The highest BCUT2D eigenvalue weighted by Gasteiger charge is 2.21. The van der Waals surface area contributed by atoms with Crippen LogP contribution in [-0.4, -0.2) is 71.0 Å². The molecule has 0 spiro atoms. The number of aromatic nitrogens is 2. The third-order valence-corrected chi connectivity index (χ3v) is 6.68. The van der Waals surface area contributed by atoms with Crippen LogP contribution in [0, 0.1) is 6.92 Å². The van der Waals surface area contributed by atoms with Gasteiger partial charge in [-0.3, -0.25) is 14.5 Å². The van der Waals surface area contributed by atoms with Gasteiger partial charge < -0.3 is 14.7 Å². The van der Waals surface area contributed by atoms with Crippen molar-refractivity contribution in [2.45, 2.75) is 26.2 Å². The van der Waals surface area contributed by atoms with E-state index in [2.05, 4.69) is 20.4 Å². The molecule has 4 rings (SSSR count). The van der Waals surface area contributed by atoms with E-state index in [9.17, 15) is 9.59 Å². The maximum Gasteiger partial charge on any atom is 0.251 e. The molecule has 1 aromatic carbocycles. The number of aryl methyl sites for hydroxylation is 2. The molecule has 0 bridgehead atoms. The zero-order chi connectivity index (χ0) is 23.0. The average Bonchev–Trinajstić information content (AvgIpc) is 3.52. The summed E-state index contributed by atoms with van der Waals surface area (Å²) in [5, 5.41) is 8.90. The highest BCUT2D eigenvalue weighted by molar-refractivity contribution is 7.13. The molecule has 0 saturated carbocycles. The Labute approximate surface area is 197 Å². The van der Waals surface area contributed by atoms with Crippen LogP contribution in [0.15, 0.2) is 46.3 Å². The van der Waals surface area contributed by atoms with Gasteiger partial charge in [0.05, 0.1) is 4.88 Å². The van der Waals surface area contributed by atoms with Crippen molar-refractivity contribution in [3.8, 4) is 10.7 Å². The van der Waals surface area contributed by atoms with Gasteiger partial charge in [-0.1, -0.05) is 29.4 Å². The van der Waals surface area contributed by atoms with Gasteiger partial charge in [0.2, 0.25) is 17.6 Å². The lowest BCUT2D eigenvalue weighted by atomic mass is 10.1. The molecule has 9 heteroatoms. The lowest BCUT2D eigenvalue weighted by Crippen LogP contribution is -2.49. The van der Waals surface area contributed by atoms with E-state index in [-0.39, 0.29) is 11.8 Å². The van der Waals surface area contributed by atoms with Gasteiger partial charge in [-0.25, -0.2) is 0 Å². The largest absolute Gasteiger partial charge is 0.352 e. The Morgan fingerprint density at radius 3 is 2.70 bits per heavy atom. The molecule has 0 unspecified atom stereocenters. The summed E-state index contributed by atoms with van der Waals surface area (Å²) in [7, 11) is 0. The van der Waals surface area contributed by atoms with Crippen LogP contribution in [0.25, 0.3) is 10.7 Å². The van der Waals surface area contributed by atoms with Gasteiger partial charge in [-0.05, 0) is 43.0 Å². The normalized spacial score (nSPS) is 14.4. The molecule has 1 saturated heterocycles. The van der Waals surface area contributed by atoms with Gasteiger partial charge in [0, 0.05) is 51.1 Å². The number of thiophene rings is 1. The Kier molecular flexibility index (Phi) is 7.85. The van der Waals surface area contributed by atoms with Crippen molar-refractivity contribution in [1.82, 2.24) is 25.3 Å². The second-order valence-electron chi connectivity index (χ2n) is 8.14. The van der Waals surface area contributed by atoms with Crippen LogP contribution in [0.2, 0.25) is 0 Å². The van der Waals surface area contributed by atoms with Crippen LogP contribution >= 0.6 is 11.3 Å². The maximum atomic E-state index is 12.5. The fraction of sp³-hybridized carbons (Fsp3) is 0.417. The number of nitrogens with one attached hydrogen (secondary N) is 1. The summed E-state index contributed by atoms with van der Waals surface area (Å²) in [6, 6.07) is 11.4. The zero-order valence-corrected chi connectivity index (χ0v) is 19.6. The number of benzene rings is 1. The first-order chi connectivity index (χ1) is 16.1. The number of piperazine rings is 1. The van der Waals surface area contributed by atoms with Crippen molar-refractivity contribution < 1.29 is 14.1 Å². The summed E-state index contributed by atoms with van der Waals surface area (Å²) >= 11 is 1.60. The van der Waals surface area contributed by atoms with E-state index in [4.69, 9.17) is 4.52 Å². The highest BCUT2D eigenvalue weighted by Crippen LogP contribution is 2.21. The molecule has 1 aliphatic heterocycles. The second-order valence-corrected chi connectivity index (χ2v) is 9.08. The summed E-state index contributed by atoms with van der Waals surface area (Å²) in [4.78, 5) is 34.5. The Hall–Kier alpha value is -3.04. The van der Waals surface area contributed by atoms with Crippen molar-refractivity contribution >= 4 is 23.2 Å². The first kappa shape index (κ1) is 23.1. The fourth-order valence-electron chi connectivity index (χ4n) is 3.90. The number of rotatable bonds is 9. The minimum absolute atomic E-state index is 0.0895. The molecule has 1 N–H and O–H groups in total. The summed E-state index contributed by atoms with van der Waals surface area (Å²) in [5.74, 6) is 1.28. The fourth-order valence-corrected chi connectivity index (χ4v) is 4.55. The average molecular weight is 468 g/mol. The van der Waals surface area contributed by atoms with Crippen molar-refractivity contribution in [1.29, 1.82) is 0 Å². The molecule has 3 aromatic rings. The first-order valence-electron chi connectivity index (χ1n) is 11.3. The smallest absolute Gasteiger partial charge is 0.251 e. The van der Waals surface area contributed by atoms with E-state index in [1.54, 1.807) is 17.4 Å². The summed E-state index contributed by atoms with van der Waals surface area (Å²) in [6.45, 7) is 6.33. The molecule has 0 aliphatic carbocycles. The Morgan fingerprint density at radius 1 is 1.12 bits per heavy atom. The topological polar surface area (TPSA) is 91.6 Å². The molecule has 1 fully saturated rings. The number of carbonyl (C=O) groups excluding carboxylic acids is 2. The number of amides is 2. The van der Waals surface area contributed by atoms with Crippen molar-refractivity contribution in [2.75, 3.05) is 39.3 Å². The van der Waals surface area contributed by atoms with Crippen molar-refractivity contribution in [3.05, 3.63) is 58.8 Å². The molecule has 1 aliphatic rings. The zero-order valence-electron chi connectivity index (χ0n) is 18.8. The van der Waals surface area contributed by atoms with Crippen LogP contribution in [-0.2, 0) is 11.2 Å². The predicted octanol–water partition coefficient (Wildman–Crippen LogP) is 3.00. The standard InChI is InChI=1S/C24H29N5O3S/c1-18-6-2-3-7-19(18)24(31)25-11-10-22(30)29-15-13-28(14-16-29)12-4-9-21-26-23(27-32-21)20-8-5-17-33-20/h2-3,5-8,17H,4,9-16H2,1H3,(H,25,31). The maximum absolute atomic E-state index is 12.5. The molecule has 33 heavy (non-hydrogen) atoms. The Balaban J connectivity index is 1.12. The molecular formula is C24H29N5O3S. The van der Waals surface area contributed by atoms with Crippen molar-refractivity contribution in [3.63, 3.8) is 0 Å². The van der Waals surface area contributed by atoms with E-state index in [1.807, 2.05) is 47.5 Å². The first-order valence-corrected chi connectivity index (χ1v) is 12.2. The molecule has 8 nitrogen and oxygen atoms in total. The quantitative estimate of drug-likeness (QED) is 0.520. The van der Waals surface area contributed by atoms with Crippen LogP contribution in [0.4, 0.5) is 0 Å². The monoisotopic (exact) mass is 467 g/mol. The number of nitrogens with zero attached hydrogens (tertiary/aromatic N) is 4. The second kappa shape index (κ2) is 11.2. The van der Waals surface area contributed by atoms with E-state index < -0.39 is 0 Å². The summed E-state index contributed by atoms with van der Waals surface area (Å²) in [6.07, 6.45) is 2.00. The molecule has 2 amide bonds. The third-order valence-electron chi connectivity index (χ3n) is 5.81. The molecule has 0 atom stereocenters. The van der Waals surface area contributed by atoms with E-state index in [1.165, 1.54) is 0 Å². The highest BCUT2D eigenvalue weighted by atomic mass is 32.1. The predicted molar refractivity (Wildman–Crippen MR) is 127 cm³/mol. The van der Waals surface area contributed by atoms with E-state index in [0.29, 0.717) is 43.3 Å². The van der Waals surface area contributed by atoms with Crippen molar-refractivity contribution in [2.24, 2.45) is 0 Å². The Morgan fingerprint density at radius 2 is 1.94 bits per heavy atom. The minimum Gasteiger partial charge on any atom is -0.352 e. The third kappa shape index (κ3) is 6.27.